The minimum absolute atomic E-state index is 0. The van der Waals surface area contributed by atoms with Crippen molar-refractivity contribution < 1.29 is 17.1 Å². The predicted octanol–water partition coefficient (Wildman–Crippen LogP) is 6.23. The lowest BCUT2D eigenvalue weighted by atomic mass is 10.1. The molecule has 0 aromatic rings. The van der Waals surface area contributed by atoms with Gasteiger partial charge in [-0.2, -0.15) is 0 Å². The number of hydrogen-bond acceptors (Lipinski definition) is 1. The molecule has 0 fully saturated rings. The molecule has 0 heterocycles. The monoisotopic (exact) mass is 407 g/mol. The number of ether oxygens (including phenoxy) is 1. The van der Waals surface area contributed by atoms with E-state index in [0.29, 0.717) is 0 Å². The molecule has 0 atom stereocenters. The first kappa shape index (κ1) is 31.9. The summed E-state index contributed by atoms with van der Waals surface area (Å²) in [7, 11) is 0. The van der Waals surface area contributed by atoms with Crippen molar-refractivity contribution in [2.45, 2.75) is 142 Å². The molecule has 0 aliphatic heterocycles. The topological polar surface area (TPSA) is 45.7 Å². The molecule has 168 valence electrons. The smallest absolute Gasteiger partial charge is 0.0466 e. The lowest BCUT2D eigenvalue weighted by Gasteiger charge is -2.05. The van der Waals surface area contributed by atoms with Crippen LogP contribution in [0, 0.1) is 0 Å². The minimum Gasteiger partial charge on any atom is -1.00 e. The van der Waals surface area contributed by atoms with Gasteiger partial charge in [0.15, 0.2) is 0 Å². The molecule has 0 unspecified atom stereocenters. The highest BCUT2D eigenvalue weighted by molar-refractivity contribution is 4.49. The normalized spacial score (nSPS) is 10.4. The molecule has 0 aromatic heterocycles. The van der Waals surface area contributed by atoms with E-state index < -0.39 is 0 Å². The van der Waals surface area contributed by atoms with Crippen molar-refractivity contribution in [3.05, 3.63) is 0 Å². The van der Waals surface area contributed by atoms with E-state index in [1.54, 1.807) is 0 Å². The van der Waals surface area contributed by atoms with E-state index in [1.807, 2.05) is 0 Å². The lowest BCUT2D eigenvalue weighted by molar-refractivity contribution is -0.00000684. The molecule has 0 aliphatic rings. The molecular formula is C24H54ClNO. The Kier molecular flexibility index (Phi) is 36.5. The highest BCUT2D eigenvalue weighted by atomic mass is 35.5. The van der Waals surface area contributed by atoms with Crippen LogP contribution in [0.3, 0.4) is 0 Å². The first-order chi connectivity index (χ1) is 12.4. The van der Waals surface area contributed by atoms with E-state index in [2.05, 4.69) is 13.8 Å². The van der Waals surface area contributed by atoms with Gasteiger partial charge in [0.2, 0.25) is 0 Å². The van der Waals surface area contributed by atoms with E-state index in [1.165, 1.54) is 128 Å². The van der Waals surface area contributed by atoms with Gasteiger partial charge in [-0.25, -0.2) is 0 Å². The Bertz CT molecular complexity index is 204. The van der Waals surface area contributed by atoms with E-state index in [9.17, 15) is 0 Å². The van der Waals surface area contributed by atoms with Gasteiger partial charge in [0.1, 0.15) is 0 Å². The first-order valence-electron chi connectivity index (χ1n) is 12.0. The van der Waals surface area contributed by atoms with Crippen molar-refractivity contribution >= 4 is 0 Å². The summed E-state index contributed by atoms with van der Waals surface area (Å²) in [5.41, 5.74) is 0. The van der Waals surface area contributed by atoms with E-state index >= 15 is 0 Å². The molecule has 0 spiro atoms. The van der Waals surface area contributed by atoms with Crippen LogP contribution in [0.1, 0.15) is 142 Å². The minimum atomic E-state index is 0. The van der Waals surface area contributed by atoms with Crippen LogP contribution >= 0.6 is 0 Å². The van der Waals surface area contributed by atoms with Crippen LogP contribution in [0.15, 0.2) is 0 Å². The number of quaternary nitrogens is 1. The molecule has 0 saturated carbocycles. The zero-order valence-electron chi connectivity index (χ0n) is 19.3. The van der Waals surface area contributed by atoms with Crippen LogP contribution in [0.4, 0.5) is 0 Å². The quantitative estimate of drug-likeness (QED) is 0.212. The third-order valence-corrected chi connectivity index (χ3v) is 5.28. The maximum absolute atomic E-state index is 5.78. The van der Waals surface area contributed by atoms with Gasteiger partial charge in [0.25, 0.3) is 0 Å². The van der Waals surface area contributed by atoms with Gasteiger partial charge in [-0.15, -0.1) is 0 Å². The summed E-state index contributed by atoms with van der Waals surface area (Å²) in [6.45, 7) is 6.57. The van der Waals surface area contributed by atoms with Crippen molar-refractivity contribution in [3.8, 4) is 0 Å². The van der Waals surface area contributed by atoms with Gasteiger partial charge in [0.05, 0.1) is 0 Å². The third kappa shape index (κ3) is 31.1. The zero-order chi connectivity index (χ0) is 18.3. The second kappa shape index (κ2) is 30.9. The van der Waals surface area contributed by atoms with E-state index in [0.717, 1.165) is 13.2 Å². The van der Waals surface area contributed by atoms with Crippen LogP contribution in [-0.4, -0.2) is 13.2 Å². The molecule has 0 rings (SSSR count). The standard InChI is InChI=1S/C24H50O.ClH.H3N/c1-3-5-7-9-11-13-15-17-19-21-23-25-24-22-20-18-16-14-12-10-8-6-4-2;;/h3-24H2,1-2H3;1H;1H3. The largest absolute Gasteiger partial charge is 1.00 e. The lowest BCUT2D eigenvalue weighted by Crippen LogP contribution is -3.00. The summed E-state index contributed by atoms with van der Waals surface area (Å²) in [6.07, 6.45) is 28.2. The molecule has 4 N–H and O–H groups in total. The molecule has 27 heavy (non-hydrogen) atoms. The molecule has 0 amide bonds. The summed E-state index contributed by atoms with van der Waals surface area (Å²) in [4.78, 5) is 0. The van der Waals surface area contributed by atoms with Crippen molar-refractivity contribution in [1.82, 2.24) is 6.15 Å². The van der Waals surface area contributed by atoms with Gasteiger partial charge in [-0.05, 0) is 12.8 Å². The van der Waals surface area contributed by atoms with Crippen molar-refractivity contribution in [2.24, 2.45) is 0 Å². The van der Waals surface area contributed by atoms with Crippen molar-refractivity contribution in [1.29, 1.82) is 0 Å². The third-order valence-electron chi connectivity index (χ3n) is 5.28. The van der Waals surface area contributed by atoms with Gasteiger partial charge < -0.3 is 23.3 Å². The Labute approximate surface area is 179 Å². The Morgan fingerprint density at radius 3 is 0.852 bits per heavy atom. The Morgan fingerprint density at radius 1 is 0.370 bits per heavy atom. The van der Waals surface area contributed by atoms with E-state index in [4.69, 9.17) is 4.74 Å². The number of rotatable bonds is 22. The summed E-state index contributed by atoms with van der Waals surface area (Å²) in [5.74, 6) is 0. The Balaban J connectivity index is -0.00000288. The molecule has 2 nitrogen and oxygen atoms in total. The summed E-state index contributed by atoms with van der Waals surface area (Å²) in [6, 6.07) is 0. The number of halogens is 1. The molecule has 0 aromatic carbocycles. The fourth-order valence-corrected chi connectivity index (χ4v) is 3.49. The maximum Gasteiger partial charge on any atom is 0.0466 e. The average molecular weight is 408 g/mol. The first-order valence-corrected chi connectivity index (χ1v) is 12.0. The van der Waals surface area contributed by atoms with E-state index in [-0.39, 0.29) is 18.6 Å². The average Bonchev–Trinajstić information content (AvgIpc) is 2.63. The van der Waals surface area contributed by atoms with Crippen LogP contribution in [0.2, 0.25) is 0 Å². The predicted molar refractivity (Wildman–Crippen MR) is 120 cm³/mol. The fraction of sp³-hybridized carbons (Fsp3) is 1.00. The van der Waals surface area contributed by atoms with Crippen LogP contribution in [0.25, 0.3) is 0 Å². The zero-order valence-corrected chi connectivity index (χ0v) is 20.1. The van der Waals surface area contributed by atoms with Crippen LogP contribution in [0.5, 0.6) is 0 Å². The number of hydrogen-bond donors (Lipinski definition) is 1. The number of unbranched alkanes of at least 4 members (excludes halogenated alkanes) is 18. The fourth-order valence-electron chi connectivity index (χ4n) is 3.49. The van der Waals surface area contributed by atoms with Crippen molar-refractivity contribution in [2.75, 3.05) is 13.2 Å². The molecule has 3 heteroatoms. The highest BCUT2D eigenvalue weighted by Crippen LogP contribution is 2.12. The molecule has 0 aliphatic carbocycles. The van der Waals surface area contributed by atoms with Crippen LogP contribution in [-0.2, 0) is 4.74 Å². The summed E-state index contributed by atoms with van der Waals surface area (Å²) < 4.78 is 5.78. The van der Waals surface area contributed by atoms with Gasteiger partial charge in [-0.3, -0.25) is 0 Å². The Hall–Kier alpha value is 0.210. The summed E-state index contributed by atoms with van der Waals surface area (Å²) in [5, 5.41) is 0. The maximum atomic E-state index is 5.78. The van der Waals surface area contributed by atoms with Gasteiger partial charge >= 0.3 is 0 Å². The van der Waals surface area contributed by atoms with Crippen LogP contribution < -0.4 is 18.6 Å². The molecule has 0 saturated heterocycles. The second-order valence-corrected chi connectivity index (χ2v) is 7.98. The summed E-state index contributed by atoms with van der Waals surface area (Å²) >= 11 is 0. The highest BCUT2D eigenvalue weighted by Gasteiger charge is 1.95. The Morgan fingerprint density at radius 2 is 0.593 bits per heavy atom. The second-order valence-electron chi connectivity index (χ2n) is 7.98. The van der Waals surface area contributed by atoms with Gasteiger partial charge in [0, 0.05) is 13.2 Å². The molecule has 0 radical (unpaired) electrons. The SMILES string of the molecule is CCCCCCCCCCCCOCCCCCCCCCCCC.[Cl-].[NH4+]. The molecule has 0 bridgehead atoms. The molecular weight excluding hydrogens is 354 g/mol. The van der Waals surface area contributed by atoms with Gasteiger partial charge in [-0.1, -0.05) is 129 Å². The van der Waals surface area contributed by atoms with Crippen molar-refractivity contribution in [3.63, 3.8) is 0 Å².